The summed E-state index contributed by atoms with van der Waals surface area (Å²) in [4.78, 5) is 43.1. The molecule has 2 aromatic heterocycles. The van der Waals surface area contributed by atoms with Gasteiger partial charge in [-0.2, -0.15) is 26.3 Å². The number of aryl methyl sites for hydroxylation is 1. The van der Waals surface area contributed by atoms with Crippen LogP contribution in [0.3, 0.4) is 0 Å². The van der Waals surface area contributed by atoms with Gasteiger partial charge in [0.05, 0.1) is 29.7 Å². The van der Waals surface area contributed by atoms with Crippen molar-refractivity contribution in [2.24, 2.45) is 0 Å². The van der Waals surface area contributed by atoms with Crippen molar-refractivity contribution in [1.29, 1.82) is 0 Å². The molecule has 0 unspecified atom stereocenters. The number of halogens is 6. The number of amides is 1. The van der Waals surface area contributed by atoms with E-state index in [2.05, 4.69) is 27.0 Å². The predicted molar refractivity (Wildman–Crippen MR) is 126 cm³/mol. The van der Waals surface area contributed by atoms with Crippen LogP contribution >= 0.6 is 0 Å². The van der Waals surface area contributed by atoms with Gasteiger partial charge in [0.2, 0.25) is 0 Å². The van der Waals surface area contributed by atoms with Gasteiger partial charge in [0.15, 0.2) is 0 Å². The quantitative estimate of drug-likeness (QED) is 0.524. The minimum Gasteiger partial charge on any atom is -0.475 e. The molecule has 220 valence electrons. The third-order valence-corrected chi connectivity index (χ3v) is 5.79. The summed E-state index contributed by atoms with van der Waals surface area (Å²) in [7, 11) is 0. The average Bonchev–Trinajstić information content (AvgIpc) is 2.87. The first-order valence-corrected chi connectivity index (χ1v) is 11.6. The van der Waals surface area contributed by atoms with Crippen LogP contribution in [-0.4, -0.2) is 87.1 Å². The highest BCUT2D eigenvalue weighted by Gasteiger charge is 2.43. The van der Waals surface area contributed by atoms with Crippen molar-refractivity contribution in [3.8, 4) is 0 Å². The molecule has 0 aromatic carbocycles. The van der Waals surface area contributed by atoms with Crippen molar-refractivity contribution in [3.63, 3.8) is 0 Å². The van der Waals surface area contributed by atoms with E-state index < -0.39 is 24.3 Å². The molecule has 0 saturated carbocycles. The Morgan fingerprint density at radius 3 is 2.05 bits per heavy atom. The Hall–Kier alpha value is -3.79. The second-order valence-corrected chi connectivity index (χ2v) is 8.82. The summed E-state index contributed by atoms with van der Waals surface area (Å²) in [5.41, 5.74) is 2.77. The molecule has 4 heterocycles. The smallest absolute Gasteiger partial charge is 0.475 e. The normalized spacial score (nSPS) is 17.3. The molecule has 2 saturated heterocycles. The van der Waals surface area contributed by atoms with Gasteiger partial charge in [-0.25, -0.2) is 9.59 Å². The molecule has 16 heteroatoms. The first-order chi connectivity index (χ1) is 18.5. The molecule has 2 N–H and O–H groups in total. The van der Waals surface area contributed by atoms with Crippen molar-refractivity contribution >= 4 is 23.5 Å². The first-order valence-electron chi connectivity index (χ1n) is 11.6. The van der Waals surface area contributed by atoms with Crippen LogP contribution in [0, 0.1) is 6.92 Å². The summed E-state index contributed by atoms with van der Waals surface area (Å²) in [5, 5.41) is 14.2. The van der Waals surface area contributed by atoms with E-state index in [0.29, 0.717) is 6.54 Å². The lowest BCUT2D eigenvalue weighted by Gasteiger charge is -2.46. The number of piperidine rings is 1. The summed E-state index contributed by atoms with van der Waals surface area (Å²) in [6.07, 6.45) is -4.86. The van der Waals surface area contributed by atoms with Crippen LogP contribution in [0.2, 0.25) is 0 Å². The number of hydrogen-bond acceptors (Lipinski definition) is 7. The number of likely N-dealkylation sites (tertiary alicyclic amines) is 1. The van der Waals surface area contributed by atoms with Crippen LogP contribution < -0.4 is 4.90 Å². The highest BCUT2D eigenvalue weighted by atomic mass is 19.4. The molecule has 1 amide bonds. The minimum atomic E-state index is -5.08. The maximum atomic E-state index is 12.3. The van der Waals surface area contributed by atoms with Crippen molar-refractivity contribution in [2.45, 2.75) is 44.3 Å². The number of rotatable bonds is 3. The lowest BCUT2D eigenvalue weighted by atomic mass is 9.89. The molecule has 2 aliphatic heterocycles. The number of carboxylic acids is 2. The number of carboxylic acid groups (broad SMARTS) is 2. The number of pyridine rings is 2. The summed E-state index contributed by atoms with van der Waals surface area (Å²) in [6.45, 7) is 5.54. The Morgan fingerprint density at radius 2 is 1.57 bits per heavy atom. The van der Waals surface area contributed by atoms with Gasteiger partial charge < -0.3 is 19.8 Å². The largest absolute Gasteiger partial charge is 0.490 e. The Balaban J connectivity index is 0.000000333. The van der Waals surface area contributed by atoms with Crippen molar-refractivity contribution in [1.82, 2.24) is 14.9 Å². The second-order valence-electron chi connectivity index (χ2n) is 8.82. The number of hydrogen-bond donors (Lipinski definition) is 2. The molecule has 2 fully saturated rings. The van der Waals surface area contributed by atoms with Crippen molar-refractivity contribution < 1.29 is 55.7 Å². The molecule has 0 atom stereocenters. The van der Waals surface area contributed by atoms with Crippen LogP contribution in [-0.2, 0) is 25.7 Å². The Bertz CT molecular complexity index is 1130. The molecule has 2 aromatic rings. The van der Waals surface area contributed by atoms with Gasteiger partial charge in [0.25, 0.3) is 5.91 Å². The fourth-order valence-corrected chi connectivity index (χ4v) is 3.80. The molecule has 4 rings (SSSR count). The van der Waals surface area contributed by atoms with E-state index in [1.54, 1.807) is 12.4 Å². The number of alkyl halides is 6. The van der Waals surface area contributed by atoms with E-state index in [0.717, 1.165) is 49.6 Å². The Labute approximate surface area is 224 Å². The third kappa shape index (κ3) is 10.1. The number of aromatic nitrogens is 2. The molecule has 0 radical (unpaired) electrons. The maximum absolute atomic E-state index is 12.3. The third-order valence-electron chi connectivity index (χ3n) is 5.79. The highest BCUT2D eigenvalue weighted by molar-refractivity contribution is 5.95. The van der Waals surface area contributed by atoms with E-state index >= 15 is 0 Å². The minimum absolute atomic E-state index is 0.00927. The number of morpholine rings is 1. The first kappa shape index (κ1) is 32.4. The van der Waals surface area contributed by atoms with Gasteiger partial charge in [-0.1, -0.05) is 6.07 Å². The van der Waals surface area contributed by atoms with Gasteiger partial charge in [0.1, 0.15) is 6.61 Å². The topological polar surface area (TPSA) is 133 Å². The molecule has 0 bridgehead atoms. The van der Waals surface area contributed by atoms with Crippen molar-refractivity contribution in [3.05, 3.63) is 54.1 Å². The summed E-state index contributed by atoms with van der Waals surface area (Å²) < 4.78 is 69.5. The number of aliphatic carboxylic acids is 2. The van der Waals surface area contributed by atoms with Gasteiger partial charge in [-0.05, 0) is 44.0 Å². The molecule has 1 spiro atoms. The van der Waals surface area contributed by atoms with Crippen molar-refractivity contribution in [2.75, 3.05) is 31.1 Å². The van der Waals surface area contributed by atoms with Crippen LogP contribution in [0.15, 0.2) is 42.7 Å². The maximum Gasteiger partial charge on any atom is 0.490 e. The van der Waals surface area contributed by atoms with Gasteiger partial charge in [-0.3, -0.25) is 19.7 Å². The second kappa shape index (κ2) is 13.5. The van der Waals surface area contributed by atoms with E-state index in [1.165, 1.54) is 0 Å². The molecular weight excluding hydrogens is 554 g/mol. The van der Waals surface area contributed by atoms with E-state index in [4.69, 9.17) is 24.5 Å². The number of nitrogens with zero attached hydrogens (tertiary/aromatic N) is 4. The standard InChI is InChI=1S/C20H24N4O2.2C2HF3O2/c1-16-4-2-5-17(22-16)13-23-10-7-20(8-11-23)15-24(19(25)14-26-20)18-6-3-9-21-12-18;2*3-2(4,5)1(6)7/h2-6,9,12H,7-8,10-11,13-15H2,1H3;2*(H,6,7). The zero-order valence-electron chi connectivity index (χ0n) is 21.1. The molecule has 40 heavy (non-hydrogen) atoms. The van der Waals surface area contributed by atoms with Crippen LogP contribution in [0.5, 0.6) is 0 Å². The van der Waals surface area contributed by atoms with Gasteiger partial charge in [0, 0.05) is 31.5 Å². The lowest BCUT2D eigenvalue weighted by Crippen LogP contribution is -2.58. The average molecular weight is 580 g/mol. The summed E-state index contributed by atoms with van der Waals surface area (Å²) in [5.74, 6) is -5.50. The zero-order valence-corrected chi connectivity index (χ0v) is 21.1. The zero-order chi connectivity index (χ0) is 30.1. The number of carbonyl (C=O) groups excluding carboxylic acids is 1. The number of anilines is 1. The SMILES string of the molecule is Cc1cccc(CN2CCC3(CC2)CN(c2cccnc2)C(=O)CO3)n1.O=C(O)C(F)(F)F.O=C(O)C(F)(F)F. The van der Waals surface area contributed by atoms with Crippen LogP contribution in [0.1, 0.15) is 24.2 Å². The lowest BCUT2D eigenvalue weighted by molar-refractivity contribution is -0.193. The van der Waals surface area contributed by atoms with Gasteiger partial charge in [-0.15, -0.1) is 0 Å². The Kier molecular flexibility index (Phi) is 11.0. The molecule has 2 aliphatic rings. The molecule has 0 aliphatic carbocycles. The highest BCUT2D eigenvalue weighted by Crippen LogP contribution is 2.33. The van der Waals surface area contributed by atoms with Gasteiger partial charge >= 0.3 is 24.3 Å². The Morgan fingerprint density at radius 1 is 1.00 bits per heavy atom. The van der Waals surface area contributed by atoms with E-state index in [-0.39, 0.29) is 18.1 Å². The molecular formula is C24H26F6N4O6. The number of carbonyl (C=O) groups is 3. The predicted octanol–water partition coefficient (Wildman–Crippen LogP) is 3.45. The fourth-order valence-electron chi connectivity index (χ4n) is 3.80. The van der Waals surface area contributed by atoms with E-state index in [9.17, 15) is 31.1 Å². The summed E-state index contributed by atoms with van der Waals surface area (Å²) >= 11 is 0. The monoisotopic (exact) mass is 580 g/mol. The number of ether oxygens (including phenoxy) is 1. The van der Waals surface area contributed by atoms with E-state index in [1.807, 2.05) is 30.0 Å². The van der Waals surface area contributed by atoms with Crippen LogP contribution in [0.25, 0.3) is 0 Å². The fraction of sp³-hybridized carbons (Fsp3) is 0.458. The summed E-state index contributed by atoms with van der Waals surface area (Å²) in [6, 6.07) is 9.96. The molecule has 10 nitrogen and oxygen atoms in total. The van der Waals surface area contributed by atoms with Crippen LogP contribution in [0.4, 0.5) is 32.0 Å².